The molecule has 7 nitrogen and oxygen atoms in total. The van der Waals surface area contributed by atoms with Crippen molar-refractivity contribution in [3.63, 3.8) is 0 Å². The van der Waals surface area contributed by atoms with Crippen LogP contribution >= 0.6 is 0 Å². The van der Waals surface area contributed by atoms with E-state index in [9.17, 15) is 23.9 Å². The zero-order chi connectivity index (χ0) is 31.9. The van der Waals surface area contributed by atoms with Crippen molar-refractivity contribution in [3.05, 3.63) is 137 Å². The third kappa shape index (κ3) is 7.17. The number of carboxylic acid groups (broad SMARTS) is 1. The molecule has 0 bridgehead atoms. The summed E-state index contributed by atoms with van der Waals surface area (Å²) in [6.45, 7) is 3.26. The maximum absolute atomic E-state index is 13.8. The number of carbonyl (C=O) groups excluding carboxylic acids is 2. The summed E-state index contributed by atoms with van der Waals surface area (Å²) < 4.78 is 13.6. The Balaban J connectivity index is 1.44. The lowest BCUT2D eigenvalue weighted by atomic mass is 10.00. The number of hydrogen-bond donors (Lipinski definition) is 1. The van der Waals surface area contributed by atoms with E-state index in [0.717, 1.165) is 22.4 Å². The van der Waals surface area contributed by atoms with Crippen LogP contribution in [0, 0.1) is 5.82 Å². The summed E-state index contributed by atoms with van der Waals surface area (Å²) in [5, 5.41) is 10.1. The van der Waals surface area contributed by atoms with Gasteiger partial charge in [-0.3, -0.25) is 9.59 Å². The maximum Gasteiger partial charge on any atom is 0.414 e. The Morgan fingerprint density at radius 3 is 2.09 bits per heavy atom. The lowest BCUT2D eigenvalue weighted by molar-refractivity contribution is -0.134. The van der Waals surface area contributed by atoms with Gasteiger partial charge < -0.3 is 10.0 Å². The zero-order valence-corrected chi connectivity index (χ0v) is 25.4. The fraction of sp³-hybridized carbons (Fsp3) is 0.243. The molecule has 0 unspecified atom stereocenters. The van der Waals surface area contributed by atoms with Crippen LogP contribution in [0.15, 0.2) is 108 Å². The van der Waals surface area contributed by atoms with Crippen molar-refractivity contribution in [1.29, 1.82) is 0 Å². The fourth-order valence-electron chi connectivity index (χ4n) is 5.96. The summed E-state index contributed by atoms with van der Waals surface area (Å²) >= 11 is 0. The minimum Gasteiger partial charge on any atom is -0.465 e. The molecule has 4 aromatic rings. The molecular weight excluding hydrogens is 569 g/mol. The largest absolute Gasteiger partial charge is 0.465 e. The number of nitrogens with zero attached hydrogens (tertiary/aromatic N) is 3. The van der Waals surface area contributed by atoms with Crippen LogP contribution in [-0.4, -0.2) is 51.1 Å². The van der Waals surface area contributed by atoms with E-state index in [1.165, 1.54) is 12.1 Å². The van der Waals surface area contributed by atoms with Crippen LogP contribution in [0.4, 0.5) is 14.9 Å². The van der Waals surface area contributed by atoms with E-state index in [2.05, 4.69) is 0 Å². The molecule has 2 atom stereocenters. The number of imide groups is 1. The van der Waals surface area contributed by atoms with Gasteiger partial charge in [0.2, 0.25) is 5.91 Å². The quantitative estimate of drug-likeness (QED) is 0.197. The number of hydrogen-bond acceptors (Lipinski definition) is 4. The smallest absolute Gasteiger partial charge is 0.414 e. The Labute approximate surface area is 262 Å². The number of aliphatic imine (C=N–C) groups is 1. The van der Waals surface area contributed by atoms with Crippen molar-refractivity contribution in [2.45, 2.75) is 51.6 Å². The number of amides is 3. The van der Waals surface area contributed by atoms with Gasteiger partial charge in [0, 0.05) is 22.7 Å². The van der Waals surface area contributed by atoms with Gasteiger partial charge in [0.05, 0.1) is 17.4 Å². The third-order valence-electron chi connectivity index (χ3n) is 8.15. The Morgan fingerprint density at radius 2 is 1.51 bits per heavy atom. The van der Waals surface area contributed by atoms with Crippen molar-refractivity contribution < 1.29 is 23.9 Å². The summed E-state index contributed by atoms with van der Waals surface area (Å²) in [7, 11) is 0. The minimum absolute atomic E-state index is 0.158. The topological polar surface area (TPSA) is 90.3 Å². The molecule has 1 heterocycles. The number of carbonyl (C=O) groups is 3. The molecule has 1 saturated heterocycles. The Morgan fingerprint density at radius 1 is 0.889 bits per heavy atom. The molecule has 8 heteroatoms. The van der Waals surface area contributed by atoms with Crippen LogP contribution in [0.1, 0.15) is 71.8 Å². The average molecular weight is 606 g/mol. The van der Waals surface area contributed by atoms with Gasteiger partial charge in [0.15, 0.2) is 0 Å². The first-order chi connectivity index (χ1) is 21.8. The second-order valence-electron chi connectivity index (χ2n) is 11.3. The van der Waals surface area contributed by atoms with Gasteiger partial charge in [-0.05, 0) is 67.6 Å². The summed E-state index contributed by atoms with van der Waals surface area (Å²) in [5.74, 6) is -1.61. The average Bonchev–Trinajstić information content (AvgIpc) is 3.44. The lowest BCUT2D eigenvalue weighted by Crippen LogP contribution is -2.47. The first-order valence-electron chi connectivity index (χ1n) is 15.2. The van der Waals surface area contributed by atoms with Crippen molar-refractivity contribution in [2.75, 3.05) is 6.54 Å². The predicted molar refractivity (Wildman–Crippen MR) is 172 cm³/mol. The van der Waals surface area contributed by atoms with Crippen molar-refractivity contribution >= 4 is 29.3 Å². The lowest BCUT2D eigenvalue weighted by Gasteiger charge is -2.31. The molecule has 45 heavy (non-hydrogen) atoms. The Hall–Kier alpha value is -5.11. The number of halogens is 1. The molecule has 1 fully saturated rings. The predicted octanol–water partition coefficient (Wildman–Crippen LogP) is 7.82. The summed E-state index contributed by atoms with van der Waals surface area (Å²) in [4.78, 5) is 46.9. The zero-order valence-electron chi connectivity index (χ0n) is 25.4. The van der Waals surface area contributed by atoms with E-state index in [4.69, 9.17) is 4.99 Å². The summed E-state index contributed by atoms with van der Waals surface area (Å²) in [6.07, 6.45) is 1.11. The van der Waals surface area contributed by atoms with E-state index < -0.39 is 24.5 Å². The highest BCUT2D eigenvalue weighted by molar-refractivity contribution is 6.14. The first kappa shape index (κ1) is 31.3. The normalized spacial score (nSPS) is 15.8. The van der Waals surface area contributed by atoms with Gasteiger partial charge in [-0.2, -0.15) is 0 Å². The van der Waals surface area contributed by atoms with Gasteiger partial charge in [0.1, 0.15) is 12.4 Å². The molecule has 0 saturated carbocycles. The maximum atomic E-state index is 13.8. The van der Waals surface area contributed by atoms with Crippen LogP contribution in [-0.2, 0) is 11.2 Å². The molecule has 5 rings (SSSR count). The van der Waals surface area contributed by atoms with Crippen LogP contribution in [0.5, 0.6) is 0 Å². The van der Waals surface area contributed by atoms with E-state index in [-0.39, 0.29) is 23.5 Å². The standard InChI is InChI=1S/C37H36FN3O4/c1-3-10-29-23-31(39-35(27-11-6-4-7-12-27)28-13-8-5-9-14-28)20-21-32(29)36(43)40(37(44)45)24-34(42)41-25(2)15-22-33(41)26-16-18-30(38)19-17-26/h4-9,11-14,16-21,23,25,33H,3,10,15,22,24H2,1-2H3,(H,44,45)/t25-,33-/m0/s1. The SMILES string of the molecule is CCCc1cc(N=C(c2ccccc2)c2ccccc2)ccc1C(=O)N(CC(=O)N1[C@@H](C)CC[C@H]1c1ccc(F)cc1)C(=O)O. The molecule has 3 amide bonds. The third-order valence-corrected chi connectivity index (χ3v) is 8.15. The van der Waals surface area contributed by atoms with Crippen LogP contribution in [0.25, 0.3) is 0 Å². The van der Waals surface area contributed by atoms with Gasteiger partial charge in [-0.15, -0.1) is 0 Å². The van der Waals surface area contributed by atoms with Crippen LogP contribution < -0.4 is 0 Å². The van der Waals surface area contributed by atoms with E-state index >= 15 is 0 Å². The Bertz CT molecular complexity index is 1650. The molecule has 0 radical (unpaired) electrons. The van der Waals surface area contributed by atoms with Crippen molar-refractivity contribution in [2.24, 2.45) is 4.99 Å². The molecular formula is C37H36FN3O4. The molecule has 1 aliphatic rings. The monoisotopic (exact) mass is 605 g/mol. The highest BCUT2D eigenvalue weighted by Gasteiger charge is 2.37. The number of rotatable bonds is 9. The molecule has 1 N–H and O–H groups in total. The molecule has 230 valence electrons. The summed E-state index contributed by atoms with van der Waals surface area (Å²) in [5.41, 5.74) is 4.92. The Kier molecular flexibility index (Phi) is 9.82. The van der Waals surface area contributed by atoms with Crippen molar-refractivity contribution in [1.82, 2.24) is 9.80 Å². The second kappa shape index (κ2) is 14.1. The summed E-state index contributed by atoms with van der Waals surface area (Å²) in [6, 6.07) is 30.2. The van der Waals surface area contributed by atoms with Crippen molar-refractivity contribution in [3.8, 4) is 0 Å². The van der Waals surface area contributed by atoms with Gasteiger partial charge in [0.25, 0.3) is 5.91 Å². The highest BCUT2D eigenvalue weighted by Crippen LogP contribution is 2.36. The van der Waals surface area contributed by atoms with E-state index in [1.807, 2.05) is 80.6 Å². The van der Waals surface area contributed by atoms with Crippen LogP contribution in [0.3, 0.4) is 0 Å². The molecule has 4 aromatic carbocycles. The molecule has 0 aliphatic carbocycles. The fourth-order valence-corrected chi connectivity index (χ4v) is 5.96. The van der Waals surface area contributed by atoms with Gasteiger partial charge in [-0.25, -0.2) is 19.1 Å². The van der Waals surface area contributed by atoms with Gasteiger partial charge in [-0.1, -0.05) is 86.1 Å². The number of benzene rings is 4. The van der Waals surface area contributed by atoms with E-state index in [0.29, 0.717) is 41.8 Å². The van der Waals surface area contributed by atoms with Crippen LogP contribution in [0.2, 0.25) is 0 Å². The van der Waals surface area contributed by atoms with E-state index in [1.54, 1.807) is 29.2 Å². The second-order valence-corrected chi connectivity index (χ2v) is 11.3. The number of aryl methyl sites for hydroxylation is 1. The first-order valence-corrected chi connectivity index (χ1v) is 15.2. The van der Waals surface area contributed by atoms with Gasteiger partial charge >= 0.3 is 6.09 Å². The molecule has 1 aliphatic heterocycles. The number of likely N-dealkylation sites (tertiary alicyclic amines) is 1. The molecule has 0 spiro atoms. The molecule has 0 aromatic heterocycles. The minimum atomic E-state index is -1.50. The highest BCUT2D eigenvalue weighted by atomic mass is 19.1.